The molecule has 21 heavy (non-hydrogen) atoms. The first-order valence-electron chi connectivity index (χ1n) is 7.93. The van der Waals surface area contributed by atoms with Crippen molar-refractivity contribution in [2.45, 2.75) is 38.6 Å². The largest absolute Gasteiger partial charge is 0.352 e. The fourth-order valence-electron chi connectivity index (χ4n) is 2.96. The molecule has 1 N–H and O–H groups in total. The number of pyridine rings is 1. The van der Waals surface area contributed by atoms with Gasteiger partial charge in [-0.15, -0.1) is 0 Å². The van der Waals surface area contributed by atoms with E-state index in [0.29, 0.717) is 6.04 Å². The van der Waals surface area contributed by atoms with Crippen molar-refractivity contribution in [2.24, 2.45) is 0 Å². The Kier molecular flexibility index (Phi) is 4.60. The van der Waals surface area contributed by atoms with Crippen LogP contribution in [0.1, 0.15) is 32.6 Å². The van der Waals surface area contributed by atoms with E-state index in [2.05, 4.69) is 33.2 Å². The highest BCUT2D eigenvalue weighted by atomic mass is 15.2. The monoisotopic (exact) mass is 285 g/mol. The van der Waals surface area contributed by atoms with E-state index in [4.69, 9.17) is 4.98 Å². The van der Waals surface area contributed by atoms with Gasteiger partial charge in [0, 0.05) is 31.5 Å². The van der Waals surface area contributed by atoms with Crippen LogP contribution in [0.5, 0.6) is 0 Å². The van der Waals surface area contributed by atoms with E-state index in [-0.39, 0.29) is 0 Å². The molecule has 1 aliphatic heterocycles. The average Bonchev–Trinajstić information content (AvgIpc) is 2.55. The van der Waals surface area contributed by atoms with Gasteiger partial charge in [-0.05, 0) is 44.4 Å². The zero-order chi connectivity index (χ0) is 14.5. The van der Waals surface area contributed by atoms with Gasteiger partial charge in [0.05, 0.1) is 0 Å². The lowest BCUT2D eigenvalue weighted by Crippen LogP contribution is -2.46. The highest BCUT2D eigenvalue weighted by Crippen LogP contribution is 2.24. The predicted octanol–water partition coefficient (Wildman–Crippen LogP) is 2.38. The minimum Gasteiger partial charge on any atom is -0.352 e. The van der Waals surface area contributed by atoms with Crippen LogP contribution in [-0.4, -0.2) is 40.6 Å². The Hall–Kier alpha value is -1.75. The summed E-state index contributed by atoms with van der Waals surface area (Å²) in [5.41, 5.74) is 1.60. The molecule has 2 aromatic rings. The summed E-state index contributed by atoms with van der Waals surface area (Å²) in [6, 6.07) is 4.64. The number of fused-ring (bicyclic) bond motifs is 1. The Bertz CT molecular complexity index is 586. The fourth-order valence-corrected chi connectivity index (χ4v) is 2.96. The van der Waals surface area contributed by atoms with Gasteiger partial charge in [0.25, 0.3) is 0 Å². The lowest BCUT2D eigenvalue weighted by Gasteiger charge is -2.37. The SMILES string of the molecule is CCCNCC1CCCCN1c1ccc2nccnc2n1. The molecule has 0 saturated carbocycles. The molecule has 0 aromatic carbocycles. The van der Waals surface area contributed by atoms with Gasteiger partial charge in [-0.3, -0.25) is 4.98 Å². The molecular formula is C16H23N5. The van der Waals surface area contributed by atoms with Crippen molar-refractivity contribution < 1.29 is 0 Å². The van der Waals surface area contributed by atoms with Crippen molar-refractivity contribution in [3.8, 4) is 0 Å². The molecule has 0 amide bonds. The van der Waals surface area contributed by atoms with E-state index in [1.807, 2.05) is 6.07 Å². The third-order valence-corrected chi connectivity index (χ3v) is 4.05. The van der Waals surface area contributed by atoms with E-state index in [0.717, 1.165) is 36.6 Å². The average molecular weight is 285 g/mol. The summed E-state index contributed by atoms with van der Waals surface area (Å²) in [4.78, 5) is 15.7. The van der Waals surface area contributed by atoms with Crippen LogP contribution in [0.3, 0.4) is 0 Å². The van der Waals surface area contributed by atoms with Crippen LogP contribution in [-0.2, 0) is 0 Å². The molecule has 0 aliphatic carbocycles. The molecule has 5 heteroatoms. The van der Waals surface area contributed by atoms with Crippen LogP contribution in [0.2, 0.25) is 0 Å². The number of rotatable bonds is 5. The first kappa shape index (κ1) is 14.2. The third-order valence-electron chi connectivity index (χ3n) is 4.05. The topological polar surface area (TPSA) is 53.9 Å². The van der Waals surface area contributed by atoms with Crippen molar-refractivity contribution in [1.82, 2.24) is 20.3 Å². The lowest BCUT2D eigenvalue weighted by atomic mass is 10.0. The summed E-state index contributed by atoms with van der Waals surface area (Å²) >= 11 is 0. The Morgan fingerprint density at radius 2 is 2.14 bits per heavy atom. The summed E-state index contributed by atoms with van der Waals surface area (Å²) in [5, 5.41) is 3.54. The van der Waals surface area contributed by atoms with Crippen molar-refractivity contribution in [3.63, 3.8) is 0 Å². The van der Waals surface area contributed by atoms with E-state index in [9.17, 15) is 0 Å². The fraction of sp³-hybridized carbons (Fsp3) is 0.562. The lowest BCUT2D eigenvalue weighted by molar-refractivity contribution is 0.433. The molecular weight excluding hydrogens is 262 g/mol. The Balaban J connectivity index is 1.80. The minimum atomic E-state index is 0.534. The third kappa shape index (κ3) is 3.29. The molecule has 1 saturated heterocycles. The Morgan fingerprint density at radius 1 is 1.24 bits per heavy atom. The molecule has 0 spiro atoms. The molecule has 1 unspecified atom stereocenters. The number of hydrogen-bond acceptors (Lipinski definition) is 5. The van der Waals surface area contributed by atoms with E-state index in [1.54, 1.807) is 12.4 Å². The molecule has 3 rings (SSSR count). The number of hydrogen-bond donors (Lipinski definition) is 1. The number of nitrogens with zero attached hydrogens (tertiary/aromatic N) is 4. The quantitative estimate of drug-likeness (QED) is 0.855. The number of anilines is 1. The molecule has 1 fully saturated rings. The van der Waals surface area contributed by atoms with Crippen LogP contribution in [0.25, 0.3) is 11.2 Å². The highest BCUT2D eigenvalue weighted by Gasteiger charge is 2.23. The maximum absolute atomic E-state index is 4.70. The first-order chi connectivity index (χ1) is 10.4. The maximum atomic E-state index is 4.70. The number of piperidine rings is 1. The van der Waals surface area contributed by atoms with Crippen LogP contribution >= 0.6 is 0 Å². The normalized spacial score (nSPS) is 19.1. The molecule has 1 atom stereocenters. The molecule has 112 valence electrons. The van der Waals surface area contributed by atoms with Crippen LogP contribution in [0, 0.1) is 0 Å². The van der Waals surface area contributed by atoms with E-state index >= 15 is 0 Å². The van der Waals surface area contributed by atoms with Gasteiger partial charge in [-0.2, -0.15) is 0 Å². The van der Waals surface area contributed by atoms with Gasteiger partial charge in [0.2, 0.25) is 0 Å². The van der Waals surface area contributed by atoms with Crippen LogP contribution in [0.15, 0.2) is 24.5 Å². The van der Waals surface area contributed by atoms with Gasteiger partial charge in [-0.1, -0.05) is 6.92 Å². The highest BCUT2D eigenvalue weighted by molar-refractivity contribution is 5.71. The van der Waals surface area contributed by atoms with Gasteiger partial charge >= 0.3 is 0 Å². The molecule has 5 nitrogen and oxygen atoms in total. The zero-order valence-corrected chi connectivity index (χ0v) is 12.6. The summed E-state index contributed by atoms with van der Waals surface area (Å²) < 4.78 is 0. The van der Waals surface area contributed by atoms with Crippen molar-refractivity contribution in [2.75, 3.05) is 24.5 Å². The second-order valence-electron chi connectivity index (χ2n) is 5.62. The molecule has 0 bridgehead atoms. The smallest absolute Gasteiger partial charge is 0.180 e. The summed E-state index contributed by atoms with van der Waals surface area (Å²) in [5.74, 6) is 1.03. The number of aromatic nitrogens is 3. The second kappa shape index (κ2) is 6.80. The molecule has 1 aliphatic rings. The van der Waals surface area contributed by atoms with E-state index in [1.165, 1.54) is 25.7 Å². The maximum Gasteiger partial charge on any atom is 0.180 e. The van der Waals surface area contributed by atoms with Crippen molar-refractivity contribution in [3.05, 3.63) is 24.5 Å². The standard InChI is InChI=1S/C16H23N5/c1-2-8-17-12-13-5-3-4-11-21(13)15-7-6-14-16(20-15)19-10-9-18-14/h6-7,9-10,13,17H,2-5,8,11-12H2,1H3. The van der Waals surface area contributed by atoms with Crippen molar-refractivity contribution >= 4 is 17.0 Å². The van der Waals surface area contributed by atoms with Crippen LogP contribution < -0.4 is 10.2 Å². The molecule has 2 aromatic heterocycles. The van der Waals surface area contributed by atoms with Gasteiger partial charge in [-0.25, -0.2) is 9.97 Å². The Labute approximate surface area is 125 Å². The van der Waals surface area contributed by atoms with Gasteiger partial charge in [0.15, 0.2) is 5.65 Å². The minimum absolute atomic E-state index is 0.534. The first-order valence-corrected chi connectivity index (χ1v) is 7.93. The summed E-state index contributed by atoms with van der Waals surface area (Å²) in [7, 11) is 0. The zero-order valence-electron chi connectivity index (χ0n) is 12.6. The van der Waals surface area contributed by atoms with Gasteiger partial charge < -0.3 is 10.2 Å². The second-order valence-corrected chi connectivity index (χ2v) is 5.62. The summed E-state index contributed by atoms with van der Waals surface area (Å²) in [6.45, 7) is 5.40. The van der Waals surface area contributed by atoms with Crippen LogP contribution in [0.4, 0.5) is 5.82 Å². The predicted molar refractivity (Wildman–Crippen MR) is 85.5 cm³/mol. The Morgan fingerprint density at radius 3 is 3.05 bits per heavy atom. The van der Waals surface area contributed by atoms with Gasteiger partial charge in [0.1, 0.15) is 11.3 Å². The summed E-state index contributed by atoms with van der Waals surface area (Å²) in [6.07, 6.45) is 8.37. The van der Waals surface area contributed by atoms with Crippen molar-refractivity contribution in [1.29, 1.82) is 0 Å². The number of nitrogens with one attached hydrogen (secondary N) is 1. The van der Waals surface area contributed by atoms with E-state index < -0.39 is 0 Å². The molecule has 0 radical (unpaired) electrons. The molecule has 3 heterocycles.